The maximum atomic E-state index is 9.78. The fraction of sp³-hybridized carbons (Fsp3) is 0.545. The van der Waals surface area contributed by atoms with Crippen molar-refractivity contribution < 1.29 is 10.2 Å². The summed E-state index contributed by atoms with van der Waals surface area (Å²) in [4.78, 5) is 4.01. The average molecular weight is 195 g/mol. The lowest BCUT2D eigenvalue weighted by molar-refractivity contribution is 0.278. The summed E-state index contributed by atoms with van der Waals surface area (Å²) in [5.41, 5.74) is 2.18. The molecule has 0 amide bonds. The molecule has 1 heterocycles. The molecule has 1 aromatic heterocycles. The van der Waals surface area contributed by atoms with Gasteiger partial charge in [-0.3, -0.25) is 4.98 Å². The fourth-order valence-electron chi connectivity index (χ4n) is 1.46. The van der Waals surface area contributed by atoms with Crippen molar-refractivity contribution >= 4 is 0 Å². The Labute approximate surface area is 84.4 Å². The second-order valence-electron chi connectivity index (χ2n) is 3.95. The molecule has 0 unspecified atom stereocenters. The summed E-state index contributed by atoms with van der Waals surface area (Å²) < 4.78 is 0. The molecular weight excluding hydrogens is 178 g/mol. The zero-order chi connectivity index (χ0) is 10.7. The molecule has 0 bridgehead atoms. The summed E-state index contributed by atoms with van der Waals surface area (Å²) >= 11 is 0. The van der Waals surface area contributed by atoms with Gasteiger partial charge in [-0.05, 0) is 19.3 Å². The van der Waals surface area contributed by atoms with Crippen LogP contribution < -0.4 is 0 Å². The minimum atomic E-state index is -0.0666. The van der Waals surface area contributed by atoms with E-state index in [9.17, 15) is 5.11 Å². The van der Waals surface area contributed by atoms with Gasteiger partial charge in [0, 0.05) is 17.3 Å². The van der Waals surface area contributed by atoms with Gasteiger partial charge >= 0.3 is 0 Å². The quantitative estimate of drug-likeness (QED) is 0.773. The minimum absolute atomic E-state index is 0.0666. The van der Waals surface area contributed by atoms with E-state index in [2.05, 4.69) is 18.8 Å². The van der Waals surface area contributed by atoms with Crippen molar-refractivity contribution in [3.8, 4) is 5.75 Å². The van der Waals surface area contributed by atoms with Crippen LogP contribution in [0.2, 0.25) is 0 Å². The van der Waals surface area contributed by atoms with Crippen molar-refractivity contribution in [3.63, 3.8) is 0 Å². The highest BCUT2D eigenvalue weighted by Crippen LogP contribution is 2.26. The smallest absolute Gasteiger partial charge is 0.140 e. The van der Waals surface area contributed by atoms with Crippen molar-refractivity contribution in [1.29, 1.82) is 0 Å². The Hall–Kier alpha value is -1.09. The first-order valence-corrected chi connectivity index (χ1v) is 4.83. The Morgan fingerprint density at radius 3 is 2.57 bits per heavy atom. The standard InChI is InChI=1S/C11H17NO2/c1-7(2)4-10-9(6-13)5-12-8(3)11(10)14/h5,7,13-14H,4,6H2,1-3H3. The van der Waals surface area contributed by atoms with Crippen LogP contribution in [0.5, 0.6) is 5.75 Å². The van der Waals surface area contributed by atoms with Gasteiger partial charge in [-0.15, -0.1) is 0 Å². The third kappa shape index (κ3) is 2.23. The van der Waals surface area contributed by atoms with Gasteiger partial charge in [-0.1, -0.05) is 13.8 Å². The van der Waals surface area contributed by atoms with Gasteiger partial charge in [0.25, 0.3) is 0 Å². The van der Waals surface area contributed by atoms with Crippen LogP contribution in [0.3, 0.4) is 0 Å². The Kier molecular flexibility index (Phi) is 3.47. The molecule has 0 saturated carbocycles. The molecule has 3 heteroatoms. The molecule has 0 aromatic carbocycles. The molecule has 78 valence electrons. The number of hydrogen-bond acceptors (Lipinski definition) is 3. The van der Waals surface area contributed by atoms with E-state index < -0.39 is 0 Å². The molecule has 1 aromatic rings. The predicted octanol–water partition coefficient (Wildman–Crippen LogP) is 1.79. The van der Waals surface area contributed by atoms with Crippen molar-refractivity contribution in [2.75, 3.05) is 0 Å². The van der Waals surface area contributed by atoms with Gasteiger partial charge in [0.15, 0.2) is 0 Å². The molecule has 0 saturated heterocycles. The molecule has 3 nitrogen and oxygen atoms in total. The Morgan fingerprint density at radius 2 is 2.07 bits per heavy atom. The third-order valence-electron chi connectivity index (χ3n) is 2.21. The van der Waals surface area contributed by atoms with Crippen molar-refractivity contribution in [3.05, 3.63) is 23.0 Å². The molecule has 0 aliphatic rings. The summed E-state index contributed by atoms with van der Waals surface area (Å²) in [6.45, 7) is 5.86. The van der Waals surface area contributed by atoms with E-state index in [1.165, 1.54) is 0 Å². The van der Waals surface area contributed by atoms with Crippen molar-refractivity contribution in [2.45, 2.75) is 33.8 Å². The number of hydrogen-bond donors (Lipinski definition) is 2. The predicted molar refractivity (Wildman–Crippen MR) is 55.1 cm³/mol. The van der Waals surface area contributed by atoms with Gasteiger partial charge in [-0.25, -0.2) is 0 Å². The lowest BCUT2D eigenvalue weighted by Gasteiger charge is -2.12. The van der Waals surface area contributed by atoms with Crippen molar-refractivity contribution in [1.82, 2.24) is 4.98 Å². The molecule has 0 atom stereocenters. The van der Waals surface area contributed by atoms with Gasteiger partial charge in [0.1, 0.15) is 5.75 Å². The van der Waals surface area contributed by atoms with Crippen LogP contribution in [0.15, 0.2) is 6.20 Å². The number of aromatic hydroxyl groups is 1. The number of aromatic nitrogens is 1. The van der Waals surface area contributed by atoms with E-state index in [0.29, 0.717) is 11.6 Å². The Morgan fingerprint density at radius 1 is 1.43 bits per heavy atom. The Bertz CT molecular complexity index is 321. The van der Waals surface area contributed by atoms with Gasteiger partial charge < -0.3 is 10.2 Å². The molecule has 0 spiro atoms. The number of nitrogens with zero attached hydrogens (tertiary/aromatic N) is 1. The van der Waals surface area contributed by atoms with Crippen LogP contribution in [0.25, 0.3) is 0 Å². The van der Waals surface area contributed by atoms with Crippen LogP contribution in [0.4, 0.5) is 0 Å². The van der Waals surface area contributed by atoms with E-state index in [0.717, 1.165) is 17.5 Å². The van der Waals surface area contributed by atoms with E-state index in [-0.39, 0.29) is 12.4 Å². The molecule has 1 rings (SSSR count). The van der Waals surface area contributed by atoms with Crippen LogP contribution in [-0.2, 0) is 13.0 Å². The van der Waals surface area contributed by atoms with Crippen molar-refractivity contribution in [2.24, 2.45) is 5.92 Å². The van der Waals surface area contributed by atoms with Crippen LogP contribution in [0.1, 0.15) is 30.7 Å². The average Bonchev–Trinajstić information content (AvgIpc) is 2.13. The summed E-state index contributed by atoms with van der Waals surface area (Å²) in [6.07, 6.45) is 2.40. The van der Waals surface area contributed by atoms with Crippen LogP contribution in [-0.4, -0.2) is 15.2 Å². The highest BCUT2D eigenvalue weighted by molar-refractivity contribution is 5.40. The Balaban J connectivity index is 3.14. The minimum Gasteiger partial charge on any atom is -0.506 e. The number of rotatable bonds is 3. The normalized spacial score (nSPS) is 10.9. The summed E-state index contributed by atoms with van der Waals surface area (Å²) in [7, 11) is 0. The molecule has 2 N–H and O–H groups in total. The lowest BCUT2D eigenvalue weighted by atomic mass is 9.98. The first kappa shape index (κ1) is 11.0. The maximum absolute atomic E-state index is 9.78. The second kappa shape index (κ2) is 4.42. The number of aliphatic hydroxyl groups is 1. The fourth-order valence-corrected chi connectivity index (χ4v) is 1.46. The van der Waals surface area contributed by atoms with E-state index in [1.54, 1.807) is 13.1 Å². The first-order valence-electron chi connectivity index (χ1n) is 4.83. The second-order valence-corrected chi connectivity index (χ2v) is 3.95. The largest absolute Gasteiger partial charge is 0.506 e. The highest BCUT2D eigenvalue weighted by atomic mass is 16.3. The zero-order valence-corrected chi connectivity index (χ0v) is 8.91. The van der Waals surface area contributed by atoms with E-state index in [1.807, 2.05) is 0 Å². The van der Waals surface area contributed by atoms with Crippen LogP contribution >= 0.6 is 0 Å². The first-order chi connectivity index (χ1) is 6.56. The zero-order valence-electron chi connectivity index (χ0n) is 8.91. The summed E-state index contributed by atoms with van der Waals surface area (Å²) in [6, 6.07) is 0. The van der Waals surface area contributed by atoms with Gasteiger partial charge in [0.2, 0.25) is 0 Å². The summed E-state index contributed by atoms with van der Waals surface area (Å²) in [5.74, 6) is 0.679. The summed E-state index contributed by atoms with van der Waals surface area (Å²) in [5, 5.41) is 18.9. The highest BCUT2D eigenvalue weighted by Gasteiger charge is 2.12. The number of aliphatic hydroxyl groups excluding tert-OH is 1. The van der Waals surface area contributed by atoms with Crippen LogP contribution in [0, 0.1) is 12.8 Å². The molecule has 14 heavy (non-hydrogen) atoms. The van der Waals surface area contributed by atoms with E-state index in [4.69, 9.17) is 5.11 Å². The molecule has 0 aliphatic heterocycles. The molecule has 0 aliphatic carbocycles. The maximum Gasteiger partial charge on any atom is 0.140 e. The molecule has 0 radical (unpaired) electrons. The number of pyridine rings is 1. The SMILES string of the molecule is Cc1ncc(CO)c(CC(C)C)c1O. The van der Waals surface area contributed by atoms with Gasteiger partial charge in [0.05, 0.1) is 12.3 Å². The molecular formula is C11H17NO2. The lowest BCUT2D eigenvalue weighted by Crippen LogP contribution is -2.02. The third-order valence-corrected chi connectivity index (χ3v) is 2.21. The number of aryl methyl sites for hydroxylation is 1. The topological polar surface area (TPSA) is 53.4 Å². The molecule has 0 fully saturated rings. The monoisotopic (exact) mass is 195 g/mol. The van der Waals surface area contributed by atoms with E-state index >= 15 is 0 Å². The van der Waals surface area contributed by atoms with Gasteiger partial charge in [-0.2, -0.15) is 0 Å².